The molecule has 0 atom stereocenters. The van der Waals surface area contributed by atoms with E-state index in [1.165, 1.54) is 12.1 Å². The van der Waals surface area contributed by atoms with Crippen molar-refractivity contribution in [1.29, 1.82) is 0 Å². The predicted molar refractivity (Wildman–Crippen MR) is 74.7 cm³/mol. The Labute approximate surface area is 129 Å². The molecule has 0 saturated carbocycles. The van der Waals surface area contributed by atoms with E-state index in [0.717, 1.165) is 16.4 Å². The van der Waals surface area contributed by atoms with Gasteiger partial charge in [-0.05, 0) is 12.1 Å². The summed E-state index contributed by atoms with van der Waals surface area (Å²) in [4.78, 5) is 0. The summed E-state index contributed by atoms with van der Waals surface area (Å²) in [6.07, 6.45) is -4.09. The van der Waals surface area contributed by atoms with Crippen LogP contribution in [0.5, 0.6) is 0 Å². The zero-order valence-electron chi connectivity index (χ0n) is 11.6. The Morgan fingerprint density at radius 2 is 1.87 bits per heavy atom. The average molecular weight is 347 g/mol. The number of nitrogens with one attached hydrogen (secondary N) is 1. The number of hydrogen-bond donors (Lipinski definition) is 2. The summed E-state index contributed by atoms with van der Waals surface area (Å²) in [7, 11) is -4.33. The molecule has 0 radical (unpaired) electrons. The van der Waals surface area contributed by atoms with Gasteiger partial charge in [0.2, 0.25) is 0 Å². The lowest BCUT2D eigenvalue weighted by Crippen LogP contribution is -2.35. The second-order valence-corrected chi connectivity index (χ2v) is 6.58. The van der Waals surface area contributed by atoms with Crippen LogP contribution in [-0.2, 0) is 29.4 Å². The molecule has 2 heterocycles. The largest absolute Gasteiger partial charge is 0.416 e. The van der Waals surface area contributed by atoms with Gasteiger partial charge in [-0.3, -0.25) is 9.65 Å². The molecule has 1 aromatic carbocycles. The van der Waals surface area contributed by atoms with E-state index in [4.69, 9.17) is 4.55 Å². The molecule has 2 N–H and O–H groups in total. The molecule has 0 saturated heterocycles. The lowest BCUT2D eigenvalue weighted by Gasteiger charge is -2.23. The van der Waals surface area contributed by atoms with Gasteiger partial charge in [-0.2, -0.15) is 31.0 Å². The van der Waals surface area contributed by atoms with Crippen LogP contribution in [0.1, 0.15) is 16.8 Å². The number of aromatic amines is 1. The third-order valence-electron chi connectivity index (χ3n) is 3.71. The highest BCUT2D eigenvalue weighted by Crippen LogP contribution is 2.33. The van der Waals surface area contributed by atoms with Gasteiger partial charge in [-0.25, -0.2) is 0 Å². The minimum Gasteiger partial charge on any atom is -0.282 e. The standard InChI is InChI=1S/C13H12F3N3O3S/c14-13(15,16)9-3-1-8(2-4-9)12-10-7-19(23(20,21)22)6-5-11(10)17-18-12/h1-4H,5-7H2,(H,17,18)(H,20,21,22). The van der Waals surface area contributed by atoms with Gasteiger partial charge in [0.15, 0.2) is 0 Å². The number of rotatable bonds is 2. The van der Waals surface area contributed by atoms with E-state index in [2.05, 4.69) is 10.2 Å². The van der Waals surface area contributed by atoms with E-state index in [-0.39, 0.29) is 13.1 Å². The fraction of sp³-hybridized carbons (Fsp3) is 0.308. The quantitative estimate of drug-likeness (QED) is 0.816. The van der Waals surface area contributed by atoms with Gasteiger partial charge in [-0.1, -0.05) is 12.1 Å². The summed E-state index contributed by atoms with van der Waals surface area (Å²) in [5.74, 6) is 0. The molecule has 124 valence electrons. The first-order valence-electron chi connectivity index (χ1n) is 6.62. The predicted octanol–water partition coefficient (Wildman–Crippen LogP) is 2.26. The summed E-state index contributed by atoms with van der Waals surface area (Å²) in [6, 6.07) is 4.46. The van der Waals surface area contributed by atoms with Crippen LogP contribution < -0.4 is 0 Å². The molecule has 1 aliphatic rings. The highest BCUT2D eigenvalue weighted by molar-refractivity contribution is 7.83. The molecule has 6 nitrogen and oxygen atoms in total. The summed E-state index contributed by atoms with van der Waals surface area (Å²) in [5, 5.41) is 6.83. The second kappa shape index (κ2) is 5.32. The van der Waals surface area contributed by atoms with Crippen molar-refractivity contribution in [3.05, 3.63) is 41.1 Å². The minimum atomic E-state index is -4.43. The van der Waals surface area contributed by atoms with Gasteiger partial charge < -0.3 is 0 Å². The van der Waals surface area contributed by atoms with Crippen LogP contribution in [0.4, 0.5) is 13.2 Å². The molecule has 10 heteroatoms. The van der Waals surface area contributed by atoms with E-state index < -0.39 is 22.0 Å². The molecule has 0 spiro atoms. The van der Waals surface area contributed by atoms with Crippen LogP contribution in [0, 0.1) is 0 Å². The number of alkyl halides is 3. The molecule has 0 bridgehead atoms. The monoisotopic (exact) mass is 347 g/mol. The highest BCUT2D eigenvalue weighted by atomic mass is 32.2. The maximum absolute atomic E-state index is 12.6. The number of fused-ring (bicyclic) bond motifs is 1. The molecule has 0 unspecified atom stereocenters. The van der Waals surface area contributed by atoms with Gasteiger partial charge in [0.1, 0.15) is 0 Å². The van der Waals surface area contributed by atoms with Crippen LogP contribution in [0.25, 0.3) is 11.3 Å². The Bertz CT molecular complexity index is 828. The van der Waals surface area contributed by atoms with Crippen molar-refractivity contribution in [2.75, 3.05) is 6.54 Å². The van der Waals surface area contributed by atoms with Gasteiger partial charge in [0, 0.05) is 36.3 Å². The van der Waals surface area contributed by atoms with Gasteiger partial charge in [0.05, 0.1) is 11.3 Å². The Hall–Kier alpha value is -1.91. The number of halogens is 3. The fourth-order valence-electron chi connectivity index (χ4n) is 2.52. The molecule has 23 heavy (non-hydrogen) atoms. The van der Waals surface area contributed by atoms with Gasteiger partial charge >= 0.3 is 16.5 Å². The van der Waals surface area contributed by atoms with Crippen molar-refractivity contribution in [2.24, 2.45) is 0 Å². The van der Waals surface area contributed by atoms with Crippen LogP contribution in [0.15, 0.2) is 24.3 Å². The third-order valence-corrected chi connectivity index (χ3v) is 4.67. The van der Waals surface area contributed by atoms with Crippen molar-refractivity contribution in [1.82, 2.24) is 14.5 Å². The summed E-state index contributed by atoms with van der Waals surface area (Å²) in [6.45, 7) is 0.0293. The Balaban J connectivity index is 1.96. The maximum atomic E-state index is 12.6. The molecule has 0 amide bonds. The number of hydrogen-bond acceptors (Lipinski definition) is 3. The third kappa shape index (κ3) is 3.09. The van der Waals surface area contributed by atoms with Gasteiger partial charge in [-0.15, -0.1) is 0 Å². The second-order valence-electron chi connectivity index (χ2n) is 5.17. The highest BCUT2D eigenvalue weighted by Gasteiger charge is 2.31. The van der Waals surface area contributed by atoms with E-state index in [9.17, 15) is 21.6 Å². The molecular weight excluding hydrogens is 335 g/mol. The van der Waals surface area contributed by atoms with Crippen LogP contribution in [0.3, 0.4) is 0 Å². The van der Waals surface area contributed by atoms with Crippen molar-refractivity contribution in [2.45, 2.75) is 19.1 Å². The smallest absolute Gasteiger partial charge is 0.282 e. The van der Waals surface area contributed by atoms with Crippen molar-refractivity contribution >= 4 is 10.3 Å². The van der Waals surface area contributed by atoms with Crippen molar-refractivity contribution in [3.8, 4) is 11.3 Å². The first-order valence-corrected chi connectivity index (χ1v) is 8.02. The normalized spacial score (nSPS) is 16.3. The van der Waals surface area contributed by atoms with Crippen molar-refractivity contribution < 1.29 is 26.1 Å². The van der Waals surface area contributed by atoms with E-state index >= 15 is 0 Å². The van der Waals surface area contributed by atoms with Gasteiger partial charge in [0.25, 0.3) is 0 Å². The maximum Gasteiger partial charge on any atom is 0.416 e. The summed E-state index contributed by atoms with van der Waals surface area (Å²) >= 11 is 0. The summed E-state index contributed by atoms with van der Waals surface area (Å²) < 4.78 is 70.3. The van der Waals surface area contributed by atoms with E-state index in [1.807, 2.05) is 0 Å². The summed E-state index contributed by atoms with van der Waals surface area (Å²) in [5.41, 5.74) is 1.30. The van der Waals surface area contributed by atoms with Crippen LogP contribution in [0.2, 0.25) is 0 Å². The first kappa shape index (κ1) is 16.0. The number of H-pyrrole nitrogens is 1. The van der Waals surface area contributed by atoms with Crippen molar-refractivity contribution in [3.63, 3.8) is 0 Å². The molecule has 0 fully saturated rings. The average Bonchev–Trinajstić information content (AvgIpc) is 2.88. The molecule has 1 aromatic heterocycles. The molecule has 2 aromatic rings. The van der Waals surface area contributed by atoms with Crippen LogP contribution in [-0.4, -0.2) is 34.0 Å². The van der Waals surface area contributed by atoms with E-state index in [0.29, 0.717) is 28.9 Å². The SMILES string of the molecule is O=S(=O)(O)N1CCc2[nH]nc(-c3ccc(C(F)(F)F)cc3)c2C1. The molecule has 1 aliphatic heterocycles. The Kier molecular flexibility index (Phi) is 3.69. The lowest BCUT2D eigenvalue weighted by molar-refractivity contribution is -0.137. The number of aromatic nitrogens is 2. The Morgan fingerprint density at radius 3 is 2.43 bits per heavy atom. The first-order chi connectivity index (χ1) is 10.7. The fourth-order valence-corrected chi connectivity index (χ4v) is 3.14. The molecule has 3 rings (SSSR count). The lowest BCUT2D eigenvalue weighted by atomic mass is 10.0. The molecule has 0 aliphatic carbocycles. The minimum absolute atomic E-state index is 0.0823. The van der Waals surface area contributed by atoms with E-state index in [1.54, 1.807) is 0 Å². The number of benzene rings is 1. The zero-order chi connectivity index (χ0) is 16.8. The molecular formula is C13H12F3N3O3S. The topological polar surface area (TPSA) is 86.3 Å². The Morgan fingerprint density at radius 1 is 1.22 bits per heavy atom. The zero-order valence-corrected chi connectivity index (χ0v) is 12.4. The van der Waals surface area contributed by atoms with Crippen LogP contribution >= 0.6 is 0 Å². The number of nitrogens with zero attached hydrogens (tertiary/aromatic N) is 2.